The van der Waals surface area contributed by atoms with Crippen LogP contribution in [0, 0.1) is 0 Å². The molecule has 19 heavy (non-hydrogen) atoms. The highest BCUT2D eigenvalue weighted by Crippen LogP contribution is 2.26. The van der Waals surface area contributed by atoms with Crippen LogP contribution in [0.5, 0.6) is 0 Å². The minimum Gasteiger partial charge on any atom is -0.308 e. The molecular weight excluding hydrogens is 282 g/mol. The Labute approximate surface area is 121 Å². The molecule has 2 aromatic rings. The van der Waals surface area contributed by atoms with E-state index < -0.39 is 0 Å². The molecule has 0 atom stereocenters. The van der Waals surface area contributed by atoms with Crippen LogP contribution in [0.4, 0.5) is 5.82 Å². The summed E-state index contributed by atoms with van der Waals surface area (Å²) < 4.78 is 0. The summed E-state index contributed by atoms with van der Waals surface area (Å²) in [5.74, 6) is 6.79. The standard InChI is InChI=1S/C12H14ClN5S/c1-2-3-9-16-10(18-14)6-12(17-9)19-11-5-4-8(13)7-15-11/h4-7H,2-3,14H2,1H3,(H,16,17,18). The molecule has 100 valence electrons. The van der Waals surface area contributed by atoms with Gasteiger partial charge in [0, 0.05) is 18.7 Å². The maximum Gasteiger partial charge on any atom is 0.144 e. The second-order valence-corrected chi connectivity index (χ2v) is 5.30. The van der Waals surface area contributed by atoms with E-state index in [4.69, 9.17) is 17.4 Å². The van der Waals surface area contributed by atoms with Gasteiger partial charge in [0.1, 0.15) is 21.7 Å². The molecule has 5 nitrogen and oxygen atoms in total. The van der Waals surface area contributed by atoms with Crippen LogP contribution in [0.2, 0.25) is 5.02 Å². The Hall–Kier alpha value is -1.37. The third kappa shape index (κ3) is 4.05. The maximum atomic E-state index is 5.80. The predicted molar refractivity (Wildman–Crippen MR) is 77.2 cm³/mol. The molecule has 0 fully saturated rings. The number of hydrazine groups is 1. The van der Waals surface area contributed by atoms with E-state index in [0.29, 0.717) is 10.8 Å². The lowest BCUT2D eigenvalue weighted by atomic mass is 10.3. The van der Waals surface area contributed by atoms with Crippen molar-refractivity contribution in [3.63, 3.8) is 0 Å². The lowest BCUT2D eigenvalue weighted by Gasteiger charge is -2.06. The van der Waals surface area contributed by atoms with Gasteiger partial charge in [-0.15, -0.1) is 0 Å². The van der Waals surface area contributed by atoms with Crippen LogP contribution in [0.3, 0.4) is 0 Å². The molecule has 3 N–H and O–H groups in total. The number of halogens is 1. The topological polar surface area (TPSA) is 76.7 Å². The van der Waals surface area contributed by atoms with E-state index in [1.54, 1.807) is 18.3 Å². The number of nitrogens with zero attached hydrogens (tertiary/aromatic N) is 3. The summed E-state index contributed by atoms with van der Waals surface area (Å²) in [5.41, 5.74) is 2.56. The second kappa shape index (κ2) is 6.70. The predicted octanol–water partition coefficient (Wildman–Crippen LogP) is 2.91. The van der Waals surface area contributed by atoms with Gasteiger partial charge in [0.05, 0.1) is 5.02 Å². The number of hydrogen-bond donors (Lipinski definition) is 2. The van der Waals surface area contributed by atoms with Crippen molar-refractivity contribution in [3.8, 4) is 0 Å². The molecule has 0 unspecified atom stereocenters. The monoisotopic (exact) mass is 295 g/mol. The van der Waals surface area contributed by atoms with Crippen LogP contribution >= 0.6 is 23.4 Å². The lowest BCUT2D eigenvalue weighted by molar-refractivity contribution is 0.810. The molecule has 2 rings (SSSR count). The number of nitrogens with two attached hydrogens (primary N) is 1. The third-order valence-electron chi connectivity index (χ3n) is 2.28. The smallest absolute Gasteiger partial charge is 0.144 e. The molecule has 0 saturated heterocycles. The van der Waals surface area contributed by atoms with E-state index in [0.717, 1.165) is 28.7 Å². The van der Waals surface area contributed by atoms with Crippen LogP contribution in [0.1, 0.15) is 19.2 Å². The molecular formula is C12H14ClN5S. The molecule has 0 radical (unpaired) electrons. The normalized spacial score (nSPS) is 10.5. The highest BCUT2D eigenvalue weighted by Gasteiger charge is 2.06. The summed E-state index contributed by atoms with van der Waals surface area (Å²) in [6.45, 7) is 2.08. The largest absolute Gasteiger partial charge is 0.308 e. The fraction of sp³-hybridized carbons (Fsp3) is 0.250. The van der Waals surface area contributed by atoms with E-state index in [1.165, 1.54) is 11.8 Å². The average Bonchev–Trinajstić information content (AvgIpc) is 2.41. The van der Waals surface area contributed by atoms with Crippen molar-refractivity contribution < 1.29 is 0 Å². The highest BCUT2D eigenvalue weighted by molar-refractivity contribution is 7.99. The molecule has 2 heterocycles. The molecule has 0 saturated carbocycles. The molecule has 0 aliphatic carbocycles. The minimum absolute atomic E-state index is 0.606. The first-order chi connectivity index (χ1) is 9.21. The Morgan fingerprint density at radius 2 is 2.16 bits per heavy atom. The van der Waals surface area contributed by atoms with Crippen molar-refractivity contribution in [3.05, 3.63) is 35.2 Å². The molecule has 7 heteroatoms. The van der Waals surface area contributed by atoms with Crippen LogP contribution in [0.25, 0.3) is 0 Å². The SMILES string of the molecule is CCCc1nc(NN)cc(Sc2ccc(Cl)cn2)n1. The Kier molecular flexibility index (Phi) is 4.95. The highest BCUT2D eigenvalue weighted by atomic mass is 35.5. The number of anilines is 1. The fourth-order valence-electron chi connectivity index (χ4n) is 1.46. The van der Waals surface area contributed by atoms with Gasteiger partial charge in [0.2, 0.25) is 0 Å². The van der Waals surface area contributed by atoms with Gasteiger partial charge in [-0.1, -0.05) is 18.5 Å². The fourth-order valence-corrected chi connectivity index (χ4v) is 2.35. The first-order valence-corrected chi connectivity index (χ1v) is 7.04. The van der Waals surface area contributed by atoms with E-state index in [9.17, 15) is 0 Å². The summed E-state index contributed by atoms with van der Waals surface area (Å²) in [4.78, 5) is 13.0. The Morgan fingerprint density at radius 3 is 2.79 bits per heavy atom. The first-order valence-electron chi connectivity index (χ1n) is 5.85. The van der Waals surface area contributed by atoms with Gasteiger partial charge in [0.15, 0.2) is 0 Å². The second-order valence-electron chi connectivity index (χ2n) is 3.82. The number of pyridine rings is 1. The van der Waals surface area contributed by atoms with Gasteiger partial charge in [-0.3, -0.25) is 0 Å². The Balaban J connectivity index is 2.23. The zero-order valence-corrected chi connectivity index (χ0v) is 12.0. The quantitative estimate of drug-likeness (QED) is 0.502. The maximum absolute atomic E-state index is 5.80. The van der Waals surface area contributed by atoms with Crippen molar-refractivity contribution in [1.29, 1.82) is 0 Å². The minimum atomic E-state index is 0.606. The average molecular weight is 296 g/mol. The lowest BCUT2D eigenvalue weighted by Crippen LogP contribution is -2.10. The first kappa shape index (κ1) is 14.0. The number of nitrogens with one attached hydrogen (secondary N) is 1. The van der Waals surface area contributed by atoms with Gasteiger partial charge in [0.25, 0.3) is 0 Å². The molecule has 2 aromatic heterocycles. The van der Waals surface area contributed by atoms with Crippen molar-refractivity contribution in [2.24, 2.45) is 5.84 Å². The number of hydrogen-bond acceptors (Lipinski definition) is 6. The van der Waals surface area contributed by atoms with Crippen molar-refractivity contribution in [1.82, 2.24) is 15.0 Å². The van der Waals surface area contributed by atoms with Crippen LogP contribution in [0.15, 0.2) is 34.4 Å². The molecule has 0 spiro atoms. The van der Waals surface area contributed by atoms with Gasteiger partial charge in [-0.05, 0) is 30.3 Å². The summed E-state index contributed by atoms with van der Waals surface area (Å²) in [7, 11) is 0. The van der Waals surface area contributed by atoms with E-state index in [2.05, 4.69) is 27.3 Å². The summed E-state index contributed by atoms with van der Waals surface area (Å²) in [6, 6.07) is 5.44. The van der Waals surface area contributed by atoms with E-state index >= 15 is 0 Å². The molecule has 0 bridgehead atoms. The van der Waals surface area contributed by atoms with Gasteiger partial charge in [-0.2, -0.15) is 0 Å². The zero-order chi connectivity index (χ0) is 13.7. The Morgan fingerprint density at radius 1 is 1.32 bits per heavy atom. The summed E-state index contributed by atoms with van der Waals surface area (Å²) in [6.07, 6.45) is 3.41. The van der Waals surface area contributed by atoms with Crippen LogP contribution in [-0.4, -0.2) is 15.0 Å². The number of aryl methyl sites for hydroxylation is 1. The summed E-state index contributed by atoms with van der Waals surface area (Å²) in [5, 5.41) is 2.25. The molecule has 0 aliphatic heterocycles. The number of rotatable bonds is 5. The molecule has 0 aliphatic rings. The third-order valence-corrected chi connectivity index (χ3v) is 3.37. The van der Waals surface area contributed by atoms with E-state index in [1.807, 2.05) is 6.07 Å². The van der Waals surface area contributed by atoms with Crippen molar-refractivity contribution >= 4 is 29.2 Å². The van der Waals surface area contributed by atoms with Gasteiger partial charge < -0.3 is 5.43 Å². The number of aromatic nitrogens is 3. The van der Waals surface area contributed by atoms with Gasteiger partial charge in [-0.25, -0.2) is 20.8 Å². The van der Waals surface area contributed by atoms with Crippen molar-refractivity contribution in [2.75, 3.05) is 5.43 Å². The molecule has 0 aromatic carbocycles. The van der Waals surface area contributed by atoms with Crippen molar-refractivity contribution in [2.45, 2.75) is 29.8 Å². The van der Waals surface area contributed by atoms with Crippen LogP contribution < -0.4 is 11.3 Å². The number of nitrogen functional groups attached to an aromatic ring is 1. The molecule has 0 amide bonds. The Bertz CT molecular complexity index is 546. The summed E-state index contributed by atoms with van der Waals surface area (Å²) >= 11 is 7.25. The van der Waals surface area contributed by atoms with E-state index in [-0.39, 0.29) is 0 Å². The van der Waals surface area contributed by atoms with Gasteiger partial charge >= 0.3 is 0 Å². The van der Waals surface area contributed by atoms with Crippen LogP contribution in [-0.2, 0) is 6.42 Å². The zero-order valence-electron chi connectivity index (χ0n) is 10.4.